The van der Waals surface area contributed by atoms with E-state index in [4.69, 9.17) is 5.73 Å². The number of halogens is 2. The predicted molar refractivity (Wildman–Crippen MR) is 27.4 cm³/mol. The molecule has 46 valence electrons. The summed E-state index contributed by atoms with van der Waals surface area (Å²) in [6, 6.07) is -1.46. The van der Waals surface area contributed by atoms with Gasteiger partial charge in [-0.2, -0.15) is 0 Å². The van der Waals surface area contributed by atoms with Gasteiger partial charge in [0.2, 0.25) is 0 Å². The largest absolute Gasteiger partial charge is 0.313 e. The molecule has 0 aromatic heterocycles. The summed E-state index contributed by atoms with van der Waals surface area (Å²) in [5, 5.41) is 0. The first-order chi connectivity index (χ1) is 3.48. The molecule has 0 aliphatic carbocycles. The van der Waals surface area contributed by atoms with Gasteiger partial charge in [-0.3, -0.25) is 0 Å². The highest BCUT2D eigenvalue weighted by atomic mass is 19.3. The number of terminal acetylenes is 1. The van der Waals surface area contributed by atoms with Gasteiger partial charge in [0.25, 0.3) is 5.92 Å². The van der Waals surface area contributed by atoms with Crippen LogP contribution in [-0.2, 0) is 0 Å². The smallest absolute Gasteiger partial charge is 0.271 e. The molecule has 0 spiro atoms. The first kappa shape index (κ1) is 7.38. The van der Waals surface area contributed by atoms with Crippen molar-refractivity contribution in [1.82, 2.24) is 0 Å². The standard InChI is InChI=1S/C5H7F2N/c1-3-4(8)5(2,6)7/h1,4H,8H2,2H3. The molecule has 0 radical (unpaired) electrons. The van der Waals surface area contributed by atoms with E-state index in [0.717, 1.165) is 0 Å². The molecular weight excluding hydrogens is 112 g/mol. The molecule has 1 nitrogen and oxygen atoms in total. The van der Waals surface area contributed by atoms with Gasteiger partial charge in [-0.15, -0.1) is 6.42 Å². The molecule has 0 saturated heterocycles. The second kappa shape index (κ2) is 2.10. The number of alkyl halides is 2. The minimum absolute atomic E-state index is 0.692. The summed E-state index contributed by atoms with van der Waals surface area (Å²) in [7, 11) is 0. The van der Waals surface area contributed by atoms with Crippen molar-refractivity contribution < 1.29 is 8.78 Å². The van der Waals surface area contributed by atoms with Crippen molar-refractivity contribution in [3.8, 4) is 12.3 Å². The summed E-state index contributed by atoms with van der Waals surface area (Å²) in [5.74, 6) is -1.22. The Hall–Kier alpha value is -0.620. The monoisotopic (exact) mass is 119 g/mol. The number of hydrogen-bond donors (Lipinski definition) is 1. The lowest BCUT2D eigenvalue weighted by atomic mass is 10.2. The minimum Gasteiger partial charge on any atom is -0.313 e. The van der Waals surface area contributed by atoms with Crippen LogP contribution >= 0.6 is 0 Å². The van der Waals surface area contributed by atoms with Gasteiger partial charge in [0.15, 0.2) is 0 Å². The quantitative estimate of drug-likeness (QED) is 0.502. The zero-order chi connectivity index (χ0) is 6.78. The zero-order valence-electron chi connectivity index (χ0n) is 4.49. The second-order valence-electron chi connectivity index (χ2n) is 1.60. The lowest BCUT2D eigenvalue weighted by molar-refractivity contribution is 0.0120. The maximum absolute atomic E-state index is 11.8. The molecule has 1 unspecified atom stereocenters. The van der Waals surface area contributed by atoms with Crippen LogP contribution in [0.2, 0.25) is 0 Å². The third-order valence-corrected chi connectivity index (χ3v) is 0.726. The second-order valence-corrected chi connectivity index (χ2v) is 1.60. The first-order valence-electron chi connectivity index (χ1n) is 2.08. The average molecular weight is 119 g/mol. The summed E-state index contributed by atoms with van der Waals surface area (Å²) in [6.07, 6.45) is 4.60. The van der Waals surface area contributed by atoms with Gasteiger partial charge in [-0.1, -0.05) is 5.92 Å². The van der Waals surface area contributed by atoms with Crippen molar-refractivity contribution in [1.29, 1.82) is 0 Å². The van der Waals surface area contributed by atoms with Crippen molar-refractivity contribution in [3.05, 3.63) is 0 Å². The molecule has 2 N–H and O–H groups in total. The van der Waals surface area contributed by atoms with Crippen molar-refractivity contribution in [2.24, 2.45) is 5.73 Å². The fourth-order valence-electron chi connectivity index (χ4n) is 0.146. The summed E-state index contributed by atoms with van der Waals surface area (Å²) in [5.41, 5.74) is 4.76. The van der Waals surface area contributed by atoms with E-state index < -0.39 is 12.0 Å². The number of rotatable bonds is 1. The highest BCUT2D eigenvalue weighted by Gasteiger charge is 2.28. The number of hydrogen-bond acceptors (Lipinski definition) is 1. The van der Waals surface area contributed by atoms with E-state index in [-0.39, 0.29) is 0 Å². The summed E-state index contributed by atoms with van der Waals surface area (Å²) >= 11 is 0. The van der Waals surface area contributed by atoms with Gasteiger partial charge in [0, 0.05) is 6.92 Å². The Morgan fingerprint density at radius 1 is 1.75 bits per heavy atom. The highest BCUT2D eigenvalue weighted by Crippen LogP contribution is 2.13. The van der Waals surface area contributed by atoms with Crippen LogP contribution in [0.15, 0.2) is 0 Å². The molecule has 0 heterocycles. The molecule has 0 fully saturated rings. The van der Waals surface area contributed by atoms with Crippen LogP contribution < -0.4 is 5.73 Å². The Bertz CT molecular complexity index is 109. The molecule has 0 aromatic carbocycles. The molecular formula is C5H7F2N. The maximum Gasteiger partial charge on any atom is 0.271 e. The average Bonchev–Trinajstić information content (AvgIpc) is 1.62. The topological polar surface area (TPSA) is 26.0 Å². The maximum atomic E-state index is 11.8. The molecule has 0 aromatic rings. The third-order valence-electron chi connectivity index (χ3n) is 0.726. The van der Waals surface area contributed by atoms with E-state index in [1.807, 2.05) is 0 Å². The SMILES string of the molecule is C#CC(N)C(C)(F)F. The van der Waals surface area contributed by atoms with Crippen LogP contribution in [0.25, 0.3) is 0 Å². The van der Waals surface area contributed by atoms with Crippen LogP contribution in [-0.4, -0.2) is 12.0 Å². The Labute approximate surface area is 46.9 Å². The van der Waals surface area contributed by atoms with Crippen molar-refractivity contribution in [2.75, 3.05) is 0 Å². The molecule has 0 aliphatic rings. The first-order valence-corrected chi connectivity index (χ1v) is 2.08. The highest BCUT2D eigenvalue weighted by molar-refractivity contribution is 5.02. The van der Waals surface area contributed by atoms with E-state index in [1.54, 1.807) is 5.92 Å². The Balaban J connectivity index is 3.87. The summed E-state index contributed by atoms with van der Waals surface area (Å²) in [6.45, 7) is 0.692. The fraction of sp³-hybridized carbons (Fsp3) is 0.600. The number of nitrogens with two attached hydrogens (primary N) is 1. The third kappa shape index (κ3) is 1.90. The molecule has 1 atom stereocenters. The van der Waals surface area contributed by atoms with E-state index >= 15 is 0 Å². The van der Waals surface area contributed by atoms with Gasteiger partial charge in [0.1, 0.15) is 6.04 Å². The van der Waals surface area contributed by atoms with E-state index in [1.165, 1.54) is 0 Å². The van der Waals surface area contributed by atoms with Gasteiger partial charge in [-0.25, -0.2) is 8.78 Å². The Morgan fingerprint density at radius 2 is 2.12 bits per heavy atom. The van der Waals surface area contributed by atoms with E-state index in [0.29, 0.717) is 6.92 Å². The predicted octanol–water partition coefficient (Wildman–Crippen LogP) is 0.602. The normalized spacial score (nSPS) is 14.9. The van der Waals surface area contributed by atoms with E-state index in [9.17, 15) is 8.78 Å². The molecule has 0 bridgehead atoms. The van der Waals surface area contributed by atoms with Crippen LogP contribution in [0.3, 0.4) is 0 Å². The van der Waals surface area contributed by atoms with Crippen LogP contribution in [0.1, 0.15) is 6.92 Å². The molecule has 0 amide bonds. The molecule has 8 heavy (non-hydrogen) atoms. The van der Waals surface area contributed by atoms with Gasteiger partial charge < -0.3 is 5.73 Å². The minimum atomic E-state index is -2.95. The summed E-state index contributed by atoms with van der Waals surface area (Å²) in [4.78, 5) is 0. The molecule has 0 saturated carbocycles. The molecule has 0 rings (SSSR count). The van der Waals surface area contributed by atoms with Crippen molar-refractivity contribution in [3.63, 3.8) is 0 Å². The fourth-order valence-corrected chi connectivity index (χ4v) is 0.146. The Kier molecular flexibility index (Phi) is 1.94. The van der Waals surface area contributed by atoms with Crippen LogP contribution in [0.4, 0.5) is 8.78 Å². The summed E-state index contributed by atoms with van der Waals surface area (Å²) < 4.78 is 23.7. The molecule has 3 heteroatoms. The Morgan fingerprint density at radius 3 is 2.12 bits per heavy atom. The van der Waals surface area contributed by atoms with Crippen molar-refractivity contribution >= 4 is 0 Å². The zero-order valence-corrected chi connectivity index (χ0v) is 4.49. The van der Waals surface area contributed by atoms with Gasteiger partial charge >= 0.3 is 0 Å². The van der Waals surface area contributed by atoms with E-state index in [2.05, 4.69) is 6.42 Å². The van der Waals surface area contributed by atoms with Gasteiger partial charge in [-0.05, 0) is 0 Å². The van der Waals surface area contributed by atoms with Crippen molar-refractivity contribution in [2.45, 2.75) is 18.9 Å². The van der Waals surface area contributed by atoms with Gasteiger partial charge in [0.05, 0.1) is 0 Å². The lowest BCUT2D eigenvalue weighted by Crippen LogP contribution is -2.36. The lowest BCUT2D eigenvalue weighted by Gasteiger charge is -2.11. The molecule has 0 aliphatic heterocycles. The van der Waals surface area contributed by atoms with Crippen LogP contribution in [0, 0.1) is 12.3 Å². The van der Waals surface area contributed by atoms with Crippen LogP contribution in [0.5, 0.6) is 0 Å².